The number of carbonyl (C=O) groups is 1. The highest BCUT2D eigenvalue weighted by Crippen LogP contribution is 2.31. The first-order valence-corrected chi connectivity index (χ1v) is 12.0. The number of carbonyl (C=O) groups excluding carboxylic acids is 1. The summed E-state index contributed by atoms with van der Waals surface area (Å²) >= 11 is 4.69. The fraction of sp³-hybridized carbons (Fsp3) is 0.200. The number of anilines is 1. The van der Waals surface area contributed by atoms with Crippen molar-refractivity contribution in [3.63, 3.8) is 0 Å². The molecule has 1 aliphatic rings. The molecule has 2 aromatic carbocycles. The summed E-state index contributed by atoms with van der Waals surface area (Å²) in [6, 6.07) is 14.0. The van der Waals surface area contributed by atoms with Gasteiger partial charge in [-0.1, -0.05) is 29.8 Å². The average molecular weight is 492 g/mol. The first-order valence-electron chi connectivity index (χ1n) is 8.96. The van der Waals surface area contributed by atoms with Gasteiger partial charge in [0.2, 0.25) is 10.0 Å². The first-order chi connectivity index (χ1) is 13.8. The minimum Gasteiger partial charge on any atom is -0.298 e. The minimum absolute atomic E-state index is 0.257. The molecule has 1 aromatic heterocycles. The maximum absolute atomic E-state index is 13.0. The van der Waals surface area contributed by atoms with E-state index in [2.05, 4.69) is 26.2 Å². The molecule has 150 valence electrons. The normalized spacial score (nSPS) is 14.4. The number of hydrogen-bond donors (Lipinski definition) is 1. The molecule has 0 fully saturated rings. The van der Waals surface area contributed by atoms with E-state index in [9.17, 15) is 13.2 Å². The summed E-state index contributed by atoms with van der Waals surface area (Å²) in [7, 11) is -3.57. The SMILES string of the molecule is Cc1ccc(S(=O)(=O)N2CCc3nc(NC(=O)c4ccccc4Br)sc3C2)cc1. The number of thiazole rings is 1. The molecule has 4 rings (SSSR count). The molecule has 6 nitrogen and oxygen atoms in total. The van der Waals surface area contributed by atoms with Crippen LogP contribution < -0.4 is 5.32 Å². The summed E-state index contributed by atoms with van der Waals surface area (Å²) < 4.78 is 28.1. The number of benzene rings is 2. The van der Waals surface area contributed by atoms with Crippen LogP contribution in [0.4, 0.5) is 5.13 Å². The largest absolute Gasteiger partial charge is 0.298 e. The summed E-state index contributed by atoms with van der Waals surface area (Å²) in [5.41, 5.74) is 2.37. The highest BCUT2D eigenvalue weighted by atomic mass is 79.9. The highest BCUT2D eigenvalue weighted by molar-refractivity contribution is 9.10. The molecule has 3 aromatic rings. The molecule has 2 heterocycles. The van der Waals surface area contributed by atoms with Crippen LogP contribution in [0.25, 0.3) is 0 Å². The van der Waals surface area contributed by atoms with Crippen molar-refractivity contribution in [3.05, 3.63) is 74.7 Å². The number of fused-ring (bicyclic) bond motifs is 1. The Balaban J connectivity index is 1.52. The lowest BCUT2D eigenvalue weighted by atomic mass is 10.2. The number of halogens is 1. The first kappa shape index (κ1) is 20.2. The van der Waals surface area contributed by atoms with E-state index in [-0.39, 0.29) is 12.5 Å². The van der Waals surface area contributed by atoms with Gasteiger partial charge >= 0.3 is 0 Å². The van der Waals surface area contributed by atoms with Gasteiger partial charge in [-0.3, -0.25) is 10.1 Å². The second kappa shape index (κ2) is 7.98. The highest BCUT2D eigenvalue weighted by Gasteiger charge is 2.30. The summed E-state index contributed by atoms with van der Waals surface area (Å²) in [4.78, 5) is 18.1. The molecule has 0 saturated heterocycles. The number of sulfonamides is 1. The Morgan fingerprint density at radius 2 is 1.90 bits per heavy atom. The maximum Gasteiger partial charge on any atom is 0.258 e. The third-order valence-corrected chi connectivity index (χ3v) is 8.24. The van der Waals surface area contributed by atoms with Crippen LogP contribution in [0.3, 0.4) is 0 Å². The van der Waals surface area contributed by atoms with Crippen molar-refractivity contribution in [2.24, 2.45) is 0 Å². The predicted molar refractivity (Wildman–Crippen MR) is 117 cm³/mol. The zero-order valence-corrected chi connectivity index (χ0v) is 18.8. The standard InChI is InChI=1S/C20H18BrN3O3S2/c1-13-6-8-14(9-7-13)29(26,27)24-11-10-17-18(12-24)28-20(22-17)23-19(25)15-4-2-3-5-16(15)21/h2-9H,10-12H2,1H3,(H,22,23,25). The van der Waals surface area contributed by atoms with Gasteiger partial charge in [0.1, 0.15) is 0 Å². The van der Waals surface area contributed by atoms with Gasteiger partial charge in [-0.2, -0.15) is 4.31 Å². The molecule has 0 spiro atoms. The van der Waals surface area contributed by atoms with Crippen molar-refractivity contribution in [3.8, 4) is 0 Å². The molecule has 0 unspecified atom stereocenters. The predicted octanol–water partition coefficient (Wildman–Crippen LogP) is 4.21. The topological polar surface area (TPSA) is 79.4 Å². The molecule has 1 amide bonds. The van der Waals surface area contributed by atoms with Crippen molar-refractivity contribution in [2.75, 3.05) is 11.9 Å². The number of hydrogen-bond acceptors (Lipinski definition) is 5. The summed E-state index contributed by atoms with van der Waals surface area (Å²) in [6.07, 6.45) is 0.516. The molecule has 1 aliphatic heterocycles. The van der Waals surface area contributed by atoms with Gasteiger partial charge in [-0.05, 0) is 47.1 Å². The number of amides is 1. The second-order valence-corrected chi connectivity index (χ2v) is 10.6. The number of nitrogens with one attached hydrogen (secondary N) is 1. The summed E-state index contributed by atoms with van der Waals surface area (Å²) in [5, 5.41) is 3.30. The Morgan fingerprint density at radius 1 is 1.17 bits per heavy atom. The van der Waals surface area contributed by atoms with E-state index in [0.29, 0.717) is 33.0 Å². The van der Waals surface area contributed by atoms with Crippen molar-refractivity contribution >= 4 is 48.3 Å². The van der Waals surface area contributed by atoms with Crippen molar-refractivity contribution in [1.82, 2.24) is 9.29 Å². The van der Waals surface area contributed by atoms with Crippen molar-refractivity contribution < 1.29 is 13.2 Å². The summed E-state index contributed by atoms with van der Waals surface area (Å²) in [6.45, 7) is 2.55. The van der Waals surface area contributed by atoms with Crippen LogP contribution in [-0.4, -0.2) is 30.2 Å². The van der Waals surface area contributed by atoms with Gasteiger partial charge in [-0.25, -0.2) is 13.4 Å². The van der Waals surface area contributed by atoms with Gasteiger partial charge in [-0.15, -0.1) is 11.3 Å². The van der Waals surface area contributed by atoms with E-state index in [4.69, 9.17) is 0 Å². The minimum atomic E-state index is -3.57. The molecule has 0 bridgehead atoms. The Bertz CT molecular complexity index is 1170. The third kappa shape index (κ3) is 4.13. The number of rotatable bonds is 4. The quantitative estimate of drug-likeness (QED) is 0.592. The van der Waals surface area contributed by atoms with Crippen LogP contribution in [0.15, 0.2) is 57.9 Å². The van der Waals surface area contributed by atoms with E-state index in [0.717, 1.165) is 16.1 Å². The van der Waals surface area contributed by atoms with E-state index < -0.39 is 10.0 Å². The third-order valence-electron chi connectivity index (χ3n) is 4.69. The Hall–Kier alpha value is -2.07. The monoisotopic (exact) mass is 491 g/mol. The Labute approximate surface area is 181 Å². The Morgan fingerprint density at radius 3 is 2.62 bits per heavy atom. The zero-order chi connectivity index (χ0) is 20.6. The van der Waals surface area contributed by atoms with Gasteiger partial charge in [0.05, 0.1) is 22.7 Å². The van der Waals surface area contributed by atoms with E-state index in [1.54, 1.807) is 42.5 Å². The number of nitrogens with zero attached hydrogens (tertiary/aromatic N) is 2. The van der Waals surface area contributed by atoms with Crippen molar-refractivity contribution in [1.29, 1.82) is 0 Å². The average Bonchev–Trinajstić information content (AvgIpc) is 3.10. The van der Waals surface area contributed by atoms with Crippen LogP contribution in [0.1, 0.15) is 26.5 Å². The van der Waals surface area contributed by atoms with Gasteiger partial charge in [0.25, 0.3) is 5.91 Å². The van der Waals surface area contributed by atoms with Gasteiger partial charge in [0.15, 0.2) is 5.13 Å². The lowest BCUT2D eigenvalue weighted by Crippen LogP contribution is -2.35. The van der Waals surface area contributed by atoms with E-state index >= 15 is 0 Å². The fourth-order valence-electron chi connectivity index (χ4n) is 3.10. The number of aryl methyl sites for hydroxylation is 1. The second-order valence-electron chi connectivity index (χ2n) is 6.72. The smallest absolute Gasteiger partial charge is 0.258 e. The molecule has 0 aliphatic carbocycles. The molecule has 9 heteroatoms. The molecule has 0 radical (unpaired) electrons. The van der Waals surface area contributed by atoms with Crippen LogP contribution >= 0.6 is 27.3 Å². The van der Waals surface area contributed by atoms with E-state index in [1.807, 2.05) is 13.0 Å². The molecule has 0 atom stereocenters. The van der Waals surface area contributed by atoms with Gasteiger partial charge in [0, 0.05) is 22.3 Å². The lowest BCUT2D eigenvalue weighted by Gasteiger charge is -2.25. The summed E-state index contributed by atoms with van der Waals surface area (Å²) in [5.74, 6) is -0.257. The maximum atomic E-state index is 13.0. The number of aromatic nitrogens is 1. The lowest BCUT2D eigenvalue weighted by molar-refractivity contribution is 0.102. The van der Waals surface area contributed by atoms with E-state index in [1.165, 1.54) is 15.6 Å². The van der Waals surface area contributed by atoms with Crippen LogP contribution in [0, 0.1) is 6.92 Å². The van der Waals surface area contributed by atoms with Crippen molar-refractivity contribution in [2.45, 2.75) is 24.8 Å². The van der Waals surface area contributed by atoms with Crippen LogP contribution in [0.2, 0.25) is 0 Å². The van der Waals surface area contributed by atoms with Gasteiger partial charge < -0.3 is 0 Å². The molecular formula is C20H18BrN3O3S2. The Kier molecular flexibility index (Phi) is 5.56. The molecular weight excluding hydrogens is 474 g/mol. The van der Waals surface area contributed by atoms with Crippen LogP contribution in [0.5, 0.6) is 0 Å². The molecule has 1 N–H and O–H groups in total. The molecule has 0 saturated carbocycles. The molecule has 29 heavy (non-hydrogen) atoms. The van der Waals surface area contributed by atoms with Crippen LogP contribution in [-0.2, 0) is 23.0 Å². The zero-order valence-electron chi connectivity index (χ0n) is 15.6. The fourth-order valence-corrected chi connectivity index (χ4v) is 6.07.